The number of hydrogen-bond donors (Lipinski definition) is 2. The topological polar surface area (TPSA) is 72.7 Å². The Morgan fingerprint density at radius 3 is 2.16 bits per heavy atom. The molecule has 4 aromatic rings. The van der Waals surface area contributed by atoms with Crippen molar-refractivity contribution >= 4 is 22.4 Å². The maximum absolute atomic E-state index is 14.0. The molecule has 3 aromatic carbocycles. The van der Waals surface area contributed by atoms with Crippen LogP contribution in [0.25, 0.3) is 22.3 Å². The van der Waals surface area contributed by atoms with E-state index in [1.54, 1.807) is 36.4 Å². The average Bonchev–Trinajstić information content (AvgIpc) is 2.79. The molecule has 0 amide bonds. The van der Waals surface area contributed by atoms with Crippen LogP contribution in [0.3, 0.4) is 0 Å². The van der Waals surface area contributed by atoms with E-state index in [1.165, 1.54) is 12.1 Å². The molecule has 1 aliphatic heterocycles. The van der Waals surface area contributed by atoms with Crippen LogP contribution in [0.2, 0.25) is 0 Å². The zero-order chi connectivity index (χ0) is 21.4. The number of aromatic hydroxyl groups is 2. The minimum atomic E-state index is -0.347. The summed E-state index contributed by atoms with van der Waals surface area (Å²) in [7, 11) is 0. The predicted molar refractivity (Wildman–Crippen MR) is 119 cm³/mol. The number of para-hydroxylation sites is 3. The summed E-state index contributed by atoms with van der Waals surface area (Å²) in [4.78, 5) is 13.5. The van der Waals surface area contributed by atoms with Crippen LogP contribution >= 0.6 is 0 Å². The van der Waals surface area contributed by atoms with E-state index in [-0.39, 0.29) is 17.3 Å². The molecule has 1 aromatic heterocycles. The van der Waals surface area contributed by atoms with Crippen molar-refractivity contribution in [1.82, 2.24) is 9.97 Å². The van der Waals surface area contributed by atoms with Crippen LogP contribution in [-0.4, -0.2) is 46.4 Å². The Kier molecular flexibility index (Phi) is 4.78. The Bertz CT molecular complexity index is 1260. The lowest BCUT2D eigenvalue weighted by atomic mass is 10.1. The minimum absolute atomic E-state index is 0.0966. The third-order valence-electron chi connectivity index (χ3n) is 5.58. The lowest BCUT2D eigenvalue weighted by molar-refractivity contribution is 0.472. The average molecular weight is 416 g/mol. The summed E-state index contributed by atoms with van der Waals surface area (Å²) in [5.41, 5.74) is 1.95. The molecular formula is C24H21FN4O2. The molecule has 1 fully saturated rings. The van der Waals surface area contributed by atoms with Gasteiger partial charge in [-0.15, -0.1) is 0 Å². The van der Waals surface area contributed by atoms with Crippen LogP contribution in [0, 0.1) is 5.82 Å². The van der Waals surface area contributed by atoms with Gasteiger partial charge in [-0.05, 0) is 42.5 Å². The number of hydrogen-bond acceptors (Lipinski definition) is 6. The zero-order valence-electron chi connectivity index (χ0n) is 16.7. The Hall–Kier alpha value is -3.87. The van der Waals surface area contributed by atoms with Gasteiger partial charge >= 0.3 is 0 Å². The number of halogens is 1. The first-order valence-corrected chi connectivity index (χ1v) is 10.1. The van der Waals surface area contributed by atoms with E-state index < -0.39 is 0 Å². The molecule has 6 nitrogen and oxygen atoms in total. The van der Waals surface area contributed by atoms with Crippen LogP contribution in [0.1, 0.15) is 0 Å². The van der Waals surface area contributed by atoms with Gasteiger partial charge in [0.25, 0.3) is 0 Å². The Balaban J connectivity index is 1.52. The summed E-state index contributed by atoms with van der Waals surface area (Å²) >= 11 is 0. The molecule has 0 bridgehead atoms. The molecule has 2 heterocycles. The molecule has 7 heteroatoms. The first kappa shape index (κ1) is 19.1. The lowest BCUT2D eigenvalue weighted by Gasteiger charge is -2.37. The lowest BCUT2D eigenvalue weighted by Crippen LogP contribution is -2.47. The van der Waals surface area contributed by atoms with Crippen molar-refractivity contribution in [3.05, 3.63) is 72.5 Å². The van der Waals surface area contributed by atoms with Crippen molar-refractivity contribution < 1.29 is 14.6 Å². The van der Waals surface area contributed by atoms with E-state index in [0.29, 0.717) is 54.3 Å². The molecule has 0 unspecified atom stereocenters. The number of benzene rings is 3. The Labute approximate surface area is 178 Å². The molecule has 1 saturated heterocycles. The molecule has 156 valence electrons. The van der Waals surface area contributed by atoms with Gasteiger partial charge in [0, 0.05) is 31.6 Å². The van der Waals surface area contributed by atoms with Crippen molar-refractivity contribution in [2.24, 2.45) is 0 Å². The summed E-state index contributed by atoms with van der Waals surface area (Å²) in [6, 6.07) is 18.7. The Morgan fingerprint density at radius 2 is 1.42 bits per heavy atom. The van der Waals surface area contributed by atoms with Gasteiger partial charge in [0.1, 0.15) is 23.1 Å². The highest BCUT2D eigenvalue weighted by molar-refractivity contribution is 5.91. The van der Waals surface area contributed by atoms with Crippen LogP contribution in [-0.2, 0) is 0 Å². The fourth-order valence-electron chi connectivity index (χ4n) is 4.00. The summed E-state index contributed by atoms with van der Waals surface area (Å²) in [6.45, 7) is 2.67. The van der Waals surface area contributed by atoms with Gasteiger partial charge < -0.3 is 20.0 Å². The Morgan fingerprint density at radius 1 is 0.742 bits per heavy atom. The highest BCUT2D eigenvalue weighted by atomic mass is 19.1. The smallest absolute Gasteiger partial charge is 0.165 e. The van der Waals surface area contributed by atoms with Gasteiger partial charge in [0.15, 0.2) is 5.82 Å². The van der Waals surface area contributed by atoms with Crippen LogP contribution in [0.15, 0.2) is 66.7 Å². The molecule has 0 saturated carbocycles. The van der Waals surface area contributed by atoms with Crippen LogP contribution in [0.5, 0.6) is 11.5 Å². The highest BCUT2D eigenvalue weighted by Gasteiger charge is 2.23. The molecule has 0 aliphatic carbocycles. The van der Waals surface area contributed by atoms with Gasteiger partial charge in [-0.2, -0.15) is 0 Å². The number of rotatable bonds is 3. The molecular weight excluding hydrogens is 395 g/mol. The van der Waals surface area contributed by atoms with E-state index in [4.69, 9.17) is 4.98 Å². The minimum Gasteiger partial charge on any atom is -0.507 e. The van der Waals surface area contributed by atoms with Crippen molar-refractivity contribution in [3.8, 4) is 22.9 Å². The molecule has 0 atom stereocenters. The van der Waals surface area contributed by atoms with Gasteiger partial charge in [0.05, 0.1) is 16.8 Å². The summed E-state index contributed by atoms with van der Waals surface area (Å²) in [5, 5.41) is 21.1. The van der Waals surface area contributed by atoms with Crippen molar-refractivity contribution in [1.29, 1.82) is 0 Å². The second-order valence-corrected chi connectivity index (χ2v) is 7.51. The predicted octanol–water partition coefficient (Wildman–Crippen LogP) is 4.17. The molecule has 31 heavy (non-hydrogen) atoms. The standard InChI is InChI=1S/C24H21FN4O2/c25-16-9-10-19-18(15-16)24(27-23(26-19)17-5-1-3-7-21(17)30)29-13-11-28(12-14-29)20-6-2-4-8-22(20)31/h1-10,15,30-31H,11-14H2. The molecule has 0 spiro atoms. The largest absolute Gasteiger partial charge is 0.507 e. The van der Waals surface area contributed by atoms with Gasteiger partial charge in [-0.1, -0.05) is 24.3 Å². The molecule has 1 aliphatic rings. The SMILES string of the molecule is Oc1ccccc1-c1nc(N2CCN(c3ccccc3O)CC2)c2cc(F)ccc2n1. The number of nitrogens with zero attached hydrogens (tertiary/aromatic N) is 4. The van der Waals surface area contributed by atoms with Gasteiger partial charge in [-0.25, -0.2) is 14.4 Å². The first-order valence-electron chi connectivity index (χ1n) is 10.1. The fraction of sp³-hybridized carbons (Fsp3) is 0.167. The number of anilines is 2. The monoisotopic (exact) mass is 416 g/mol. The van der Waals surface area contributed by atoms with Crippen molar-refractivity contribution in [2.45, 2.75) is 0 Å². The summed E-state index contributed by atoms with van der Waals surface area (Å²) in [6.07, 6.45) is 0. The second-order valence-electron chi connectivity index (χ2n) is 7.51. The first-order chi connectivity index (χ1) is 15.1. The summed E-state index contributed by atoms with van der Waals surface area (Å²) in [5.74, 6) is 1.04. The number of phenols is 2. The molecule has 0 radical (unpaired) electrons. The quantitative estimate of drug-likeness (QED) is 0.522. The third kappa shape index (κ3) is 3.59. The summed E-state index contributed by atoms with van der Waals surface area (Å²) < 4.78 is 14.0. The van der Waals surface area contributed by atoms with E-state index in [0.717, 1.165) is 5.69 Å². The van der Waals surface area contributed by atoms with Crippen LogP contribution in [0.4, 0.5) is 15.9 Å². The molecule has 5 rings (SSSR count). The number of phenolic OH excluding ortho intramolecular Hbond substituents is 2. The number of aromatic nitrogens is 2. The molecule has 2 N–H and O–H groups in total. The van der Waals surface area contributed by atoms with Crippen LogP contribution < -0.4 is 9.80 Å². The zero-order valence-corrected chi connectivity index (χ0v) is 16.7. The van der Waals surface area contributed by atoms with Gasteiger partial charge in [-0.3, -0.25) is 0 Å². The maximum Gasteiger partial charge on any atom is 0.165 e. The highest BCUT2D eigenvalue weighted by Crippen LogP contribution is 2.33. The third-order valence-corrected chi connectivity index (χ3v) is 5.58. The van der Waals surface area contributed by atoms with Crippen molar-refractivity contribution in [2.75, 3.05) is 36.0 Å². The van der Waals surface area contributed by atoms with E-state index in [9.17, 15) is 14.6 Å². The van der Waals surface area contributed by atoms with E-state index in [2.05, 4.69) is 14.8 Å². The fourth-order valence-corrected chi connectivity index (χ4v) is 4.00. The second kappa shape index (κ2) is 7.75. The number of piperazine rings is 1. The normalized spacial score (nSPS) is 14.2. The van der Waals surface area contributed by atoms with Gasteiger partial charge in [0.2, 0.25) is 0 Å². The van der Waals surface area contributed by atoms with E-state index in [1.807, 2.05) is 18.2 Å². The van der Waals surface area contributed by atoms with Crippen molar-refractivity contribution in [3.63, 3.8) is 0 Å². The number of fused-ring (bicyclic) bond motifs is 1. The maximum atomic E-state index is 14.0. The van der Waals surface area contributed by atoms with E-state index >= 15 is 0 Å².